The summed E-state index contributed by atoms with van der Waals surface area (Å²) in [6.07, 6.45) is 1.28. The van der Waals surface area contributed by atoms with Gasteiger partial charge in [0.15, 0.2) is 11.5 Å². The number of nitrogens with one attached hydrogen (secondary N) is 1. The summed E-state index contributed by atoms with van der Waals surface area (Å²) in [4.78, 5) is 12.9. The zero-order chi connectivity index (χ0) is 19.7. The first kappa shape index (κ1) is 19.2. The molecule has 1 saturated heterocycles. The third-order valence-corrected chi connectivity index (χ3v) is 7.25. The number of carbonyl (C=O) groups excluding carboxylic acids is 1. The minimum atomic E-state index is -3.63. The van der Waals surface area contributed by atoms with Crippen molar-refractivity contribution >= 4 is 37.5 Å². The van der Waals surface area contributed by atoms with Crippen LogP contribution < -0.4 is 14.8 Å². The molecule has 2 aromatic carbocycles. The van der Waals surface area contributed by atoms with Crippen molar-refractivity contribution in [3.05, 3.63) is 46.9 Å². The Morgan fingerprint density at radius 3 is 2.64 bits per heavy atom. The molecule has 28 heavy (non-hydrogen) atoms. The Kier molecular flexibility index (Phi) is 5.31. The molecule has 0 radical (unpaired) electrons. The molecule has 1 N–H and O–H groups in total. The molecule has 2 aliphatic rings. The number of ether oxygens (including phenoxy) is 2. The summed E-state index contributed by atoms with van der Waals surface area (Å²) < 4.78 is 38.6. The second kappa shape index (κ2) is 7.73. The smallest absolute Gasteiger partial charge is 0.243 e. The summed E-state index contributed by atoms with van der Waals surface area (Å²) in [5.74, 6) is 0.613. The molecular formula is C19H19BrN2O5S. The molecule has 7 nitrogen and oxygen atoms in total. The number of rotatable bonds is 4. The monoisotopic (exact) mass is 466 g/mol. The topological polar surface area (TPSA) is 84.9 Å². The van der Waals surface area contributed by atoms with Gasteiger partial charge in [-0.25, -0.2) is 8.42 Å². The maximum absolute atomic E-state index is 12.9. The van der Waals surface area contributed by atoms with Crippen molar-refractivity contribution in [3.63, 3.8) is 0 Å². The standard InChI is InChI=1S/C19H19BrN2O5S/c20-14-3-6-16(7-4-14)28(24,25)22-9-1-2-13(11-22)19(23)21-15-5-8-17-18(10-15)27-12-26-17/h3-8,10,13H,1-2,9,11-12H2,(H,21,23). The molecule has 0 spiro atoms. The minimum Gasteiger partial charge on any atom is -0.454 e. The van der Waals surface area contributed by atoms with E-state index in [0.29, 0.717) is 36.6 Å². The fourth-order valence-corrected chi connectivity index (χ4v) is 5.14. The van der Waals surface area contributed by atoms with E-state index in [1.165, 1.54) is 4.31 Å². The summed E-state index contributed by atoms with van der Waals surface area (Å²) in [6, 6.07) is 11.7. The lowest BCUT2D eigenvalue weighted by atomic mass is 9.98. The summed E-state index contributed by atoms with van der Waals surface area (Å²) in [5, 5.41) is 2.86. The predicted molar refractivity (Wildman–Crippen MR) is 107 cm³/mol. The molecule has 2 aliphatic heterocycles. The van der Waals surface area contributed by atoms with Crippen molar-refractivity contribution in [1.29, 1.82) is 0 Å². The number of hydrogen-bond donors (Lipinski definition) is 1. The van der Waals surface area contributed by atoms with Gasteiger partial charge in [-0.1, -0.05) is 15.9 Å². The van der Waals surface area contributed by atoms with Crippen molar-refractivity contribution in [2.75, 3.05) is 25.2 Å². The maximum atomic E-state index is 12.9. The molecule has 1 unspecified atom stereocenters. The molecule has 4 rings (SSSR count). The van der Waals surface area contributed by atoms with Crippen LogP contribution in [-0.4, -0.2) is 38.5 Å². The van der Waals surface area contributed by atoms with Crippen LogP contribution in [0.3, 0.4) is 0 Å². The highest BCUT2D eigenvalue weighted by atomic mass is 79.9. The number of sulfonamides is 1. The van der Waals surface area contributed by atoms with Gasteiger partial charge in [0.1, 0.15) is 0 Å². The van der Waals surface area contributed by atoms with E-state index in [2.05, 4.69) is 21.2 Å². The number of anilines is 1. The lowest BCUT2D eigenvalue weighted by Gasteiger charge is -2.31. The normalized spacial score (nSPS) is 19.4. The zero-order valence-corrected chi connectivity index (χ0v) is 17.3. The third-order valence-electron chi connectivity index (χ3n) is 4.85. The van der Waals surface area contributed by atoms with Crippen LogP contribution >= 0.6 is 15.9 Å². The first-order valence-corrected chi connectivity index (χ1v) is 11.1. The second-order valence-electron chi connectivity index (χ2n) is 6.71. The average Bonchev–Trinajstić information content (AvgIpc) is 3.16. The highest BCUT2D eigenvalue weighted by Crippen LogP contribution is 2.34. The van der Waals surface area contributed by atoms with Crippen molar-refractivity contribution in [2.45, 2.75) is 17.7 Å². The van der Waals surface area contributed by atoms with E-state index in [1.807, 2.05) is 0 Å². The fraction of sp³-hybridized carbons (Fsp3) is 0.316. The van der Waals surface area contributed by atoms with Crippen LogP contribution in [0.5, 0.6) is 11.5 Å². The molecule has 1 fully saturated rings. The lowest BCUT2D eigenvalue weighted by Crippen LogP contribution is -2.43. The van der Waals surface area contributed by atoms with Gasteiger partial charge in [0.05, 0.1) is 10.8 Å². The number of nitrogens with zero attached hydrogens (tertiary/aromatic N) is 1. The van der Waals surface area contributed by atoms with Crippen LogP contribution in [0.2, 0.25) is 0 Å². The highest BCUT2D eigenvalue weighted by Gasteiger charge is 2.33. The summed E-state index contributed by atoms with van der Waals surface area (Å²) in [7, 11) is -3.63. The van der Waals surface area contributed by atoms with Gasteiger partial charge in [0.2, 0.25) is 22.7 Å². The molecule has 2 heterocycles. The average molecular weight is 467 g/mol. The van der Waals surface area contributed by atoms with E-state index < -0.39 is 15.9 Å². The van der Waals surface area contributed by atoms with Crippen molar-refractivity contribution < 1.29 is 22.7 Å². The van der Waals surface area contributed by atoms with E-state index in [0.717, 1.165) is 4.47 Å². The van der Waals surface area contributed by atoms with E-state index in [9.17, 15) is 13.2 Å². The minimum absolute atomic E-state index is 0.161. The number of halogens is 1. The molecule has 2 aromatic rings. The molecule has 1 atom stereocenters. The van der Waals surface area contributed by atoms with E-state index in [4.69, 9.17) is 9.47 Å². The van der Waals surface area contributed by atoms with Crippen LogP contribution in [0.15, 0.2) is 51.8 Å². The van der Waals surface area contributed by atoms with Gasteiger partial charge >= 0.3 is 0 Å². The first-order chi connectivity index (χ1) is 13.4. The summed E-state index contributed by atoms with van der Waals surface area (Å²) in [6.45, 7) is 0.735. The SMILES string of the molecule is O=C(Nc1ccc2c(c1)OCO2)C1CCCN(S(=O)(=O)c2ccc(Br)cc2)C1. The Balaban J connectivity index is 1.45. The summed E-state index contributed by atoms with van der Waals surface area (Å²) >= 11 is 3.31. The molecule has 0 aliphatic carbocycles. The Labute approximate surface area is 171 Å². The van der Waals surface area contributed by atoms with Gasteiger partial charge in [-0.15, -0.1) is 0 Å². The highest BCUT2D eigenvalue weighted by molar-refractivity contribution is 9.10. The maximum Gasteiger partial charge on any atom is 0.243 e. The van der Waals surface area contributed by atoms with Gasteiger partial charge < -0.3 is 14.8 Å². The van der Waals surface area contributed by atoms with Gasteiger partial charge in [0, 0.05) is 29.3 Å². The Morgan fingerprint density at radius 2 is 1.86 bits per heavy atom. The Hall–Kier alpha value is -2.10. The van der Waals surface area contributed by atoms with Gasteiger partial charge in [-0.3, -0.25) is 4.79 Å². The molecule has 0 aromatic heterocycles. The van der Waals surface area contributed by atoms with E-state index in [-0.39, 0.29) is 24.1 Å². The second-order valence-corrected chi connectivity index (χ2v) is 9.57. The van der Waals surface area contributed by atoms with Crippen molar-refractivity contribution in [2.24, 2.45) is 5.92 Å². The molecule has 148 valence electrons. The van der Waals surface area contributed by atoms with Gasteiger partial charge in [-0.05, 0) is 49.2 Å². The fourth-order valence-electron chi connectivity index (χ4n) is 3.35. The van der Waals surface area contributed by atoms with Crippen LogP contribution in [-0.2, 0) is 14.8 Å². The van der Waals surface area contributed by atoms with E-state index >= 15 is 0 Å². The van der Waals surface area contributed by atoms with Crippen LogP contribution in [0.4, 0.5) is 5.69 Å². The number of amides is 1. The number of benzene rings is 2. The molecule has 0 saturated carbocycles. The predicted octanol–water partition coefficient (Wildman–Crippen LogP) is 3.22. The first-order valence-electron chi connectivity index (χ1n) is 8.90. The van der Waals surface area contributed by atoms with Crippen LogP contribution in [0, 0.1) is 5.92 Å². The van der Waals surface area contributed by atoms with Gasteiger partial charge in [-0.2, -0.15) is 4.31 Å². The molecule has 1 amide bonds. The van der Waals surface area contributed by atoms with Crippen molar-refractivity contribution in [1.82, 2.24) is 4.31 Å². The van der Waals surface area contributed by atoms with Crippen LogP contribution in [0.25, 0.3) is 0 Å². The van der Waals surface area contributed by atoms with Crippen LogP contribution in [0.1, 0.15) is 12.8 Å². The number of carbonyl (C=O) groups is 1. The zero-order valence-electron chi connectivity index (χ0n) is 14.9. The molecule has 9 heteroatoms. The van der Waals surface area contributed by atoms with E-state index in [1.54, 1.807) is 42.5 Å². The van der Waals surface area contributed by atoms with Crippen molar-refractivity contribution in [3.8, 4) is 11.5 Å². The molecule has 0 bridgehead atoms. The largest absolute Gasteiger partial charge is 0.454 e. The quantitative estimate of drug-likeness (QED) is 0.747. The molecular weight excluding hydrogens is 448 g/mol. The Morgan fingerprint density at radius 1 is 1.11 bits per heavy atom. The number of hydrogen-bond acceptors (Lipinski definition) is 5. The number of fused-ring (bicyclic) bond motifs is 1. The number of piperidine rings is 1. The third kappa shape index (κ3) is 3.87. The lowest BCUT2D eigenvalue weighted by molar-refractivity contribution is -0.120. The summed E-state index contributed by atoms with van der Waals surface area (Å²) in [5.41, 5.74) is 0.599. The van der Waals surface area contributed by atoms with Gasteiger partial charge in [0.25, 0.3) is 0 Å². The Bertz CT molecular complexity index is 994.